The van der Waals surface area contributed by atoms with Gasteiger partial charge >= 0.3 is 0 Å². The minimum Gasteiger partial charge on any atom is -0.384 e. The molecular weight excluding hydrogens is 290 g/mol. The molecule has 0 radical (unpaired) electrons. The summed E-state index contributed by atoms with van der Waals surface area (Å²) in [6.07, 6.45) is 1.02. The van der Waals surface area contributed by atoms with Crippen LogP contribution in [0.3, 0.4) is 0 Å². The largest absolute Gasteiger partial charge is 0.384 e. The van der Waals surface area contributed by atoms with Gasteiger partial charge in [-0.3, -0.25) is 4.79 Å². The molecule has 0 aliphatic carbocycles. The Hall–Kier alpha value is -1.84. The van der Waals surface area contributed by atoms with Gasteiger partial charge in [0.25, 0.3) is 0 Å². The molecule has 0 unspecified atom stereocenters. The van der Waals surface area contributed by atoms with Crippen molar-refractivity contribution in [3.63, 3.8) is 0 Å². The Morgan fingerprint density at radius 3 is 2.52 bits per heavy atom. The lowest BCUT2D eigenvalue weighted by molar-refractivity contribution is -0.117. The summed E-state index contributed by atoms with van der Waals surface area (Å²) in [6.45, 7) is 4.28. The number of rotatable bonds is 3. The van der Waals surface area contributed by atoms with Gasteiger partial charge in [-0.1, -0.05) is 17.9 Å². The zero-order valence-electron chi connectivity index (χ0n) is 12.5. The van der Waals surface area contributed by atoms with Gasteiger partial charge in [-0.05, 0) is 38.5 Å². The Balaban J connectivity index is 3.17. The van der Waals surface area contributed by atoms with Crippen LogP contribution in [0, 0.1) is 18.8 Å². The summed E-state index contributed by atoms with van der Waals surface area (Å²) in [4.78, 5) is 12.2. The molecule has 5 nitrogen and oxygen atoms in total. The van der Waals surface area contributed by atoms with E-state index in [1.165, 1.54) is 13.8 Å². The molecule has 1 aromatic rings. The number of benzene rings is 1. The van der Waals surface area contributed by atoms with E-state index in [2.05, 4.69) is 17.2 Å². The van der Waals surface area contributed by atoms with E-state index in [4.69, 9.17) is 5.11 Å². The van der Waals surface area contributed by atoms with Gasteiger partial charge in [0.15, 0.2) is 9.84 Å². The van der Waals surface area contributed by atoms with Crippen molar-refractivity contribution in [1.82, 2.24) is 0 Å². The molecule has 1 rings (SSSR count). The summed E-state index contributed by atoms with van der Waals surface area (Å²) < 4.78 is 21.8. The molecule has 0 saturated heterocycles. The molecule has 1 aromatic carbocycles. The summed E-state index contributed by atoms with van der Waals surface area (Å²) >= 11 is 0. The molecule has 2 N–H and O–H groups in total. The number of sulfone groups is 1. The highest BCUT2D eigenvalue weighted by Crippen LogP contribution is 2.21. The Morgan fingerprint density at radius 1 is 1.38 bits per heavy atom. The average molecular weight is 309 g/mol. The van der Waals surface area contributed by atoms with E-state index in [-0.39, 0.29) is 6.61 Å². The van der Waals surface area contributed by atoms with Gasteiger partial charge in [-0.2, -0.15) is 0 Å². The monoisotopic (exact) mass is 309 g/mol. The van der Waals surface area contributed by atoms with Crippen LogP contribution in [0.15, 0.2) is 18.2 Å². The smallest absolute Gasteiger partial charge is 0.245 e. The number of nitrogens with one attached hydrogen (secondary N) is 1. The van der Waals surface area contributed by atoms with Crippen LogP contribution in [0.25, 0.3) is 0 Å². The van der Waals surface area contributed by atoms with Crippen LogP contribution in [-0.2, 0) is 14.6 Å². The maximum absolute atomic E-state index is 12.2. The predicted molar refractivity (Wildman–Crippen MR) is 82.7 cm³/mol. The van der Waals surface area contributed by atoms with Crippen LogP contribution in [0.4, 0.5) is 5.69 Å². The number of anilines is 1. The first kappa shape index (κ1) is 17.2. The molecule has 0 aliphatic rings. The Bertz CT molecular complexity index is 709. The van der Waals surface area contributed by atoms with Crippen LogP contribution in [0.2, 0.25) is 0 Å². The third-order valence-corrected chi connectivity index (χ3v) is 5.24. The van der Waals surface area contributed by atoms with E-state index < -0.39 is 20.5 Å². The number of amides is 1. The van der Waals surface area contributed by atoms with Crippen LogP contribution < -0.4 is 5.32 Å². The molecule has 0 bridgehead atoms. The highest BCUT2D eigenvalue weighted by atomic mass is 32.2. The second kappa shape index (κ2) is 6.29. The van der Waals surface area contributed by atoms with Crippen molar-refractivity contribution < 1.29 is 18.3 Å². The summed E-state index contributed by atoms with van der Waals surface area (Å²) in [5.41, 5.74) is 1.89. The van der Waals surface area contributed by atoms with Crippen LogP contribution in [0.5, 0.6) is 0 Å². The highest BCUT2D eigenvalue weighted by molar-refractivity contribution is 7.92. The molecule has 0 atom stereocenters. The van der Waals surface area contributed by atoms with E-state index in [9.17, 15) is 13.2 Å². The van der Waals surface area contributed by atoms with Gasteiger partial charge in [0.05, 0.1) is 5.69 Å². The first-order valence-corrected chi connectivity index (χ1v) is 8.20. The second-order valence-corrected chi connectivity index (χ2v) is 7.81. The Kier molecular flexibility index (Phi) is 5.15. The van der Waals surface area contributed by atoms with E-state index in [1.807, 2.05) is 6.92 Å². The summed E-state index contributed by atoms with van der Waals surface area (Å²) in [5.74, 6) is 4.62. The third kappa shape index (κ3) is 4.06. The van der Waals surface area contributed by atoms with Crippen molar-refractivity contribution in [2.45, 2.75) is 25.5 Å². The summed E-state index contributed by atoms with van der Waals surface area (Å²) in [6, 6.07) is 5.20. The minimum atomic E-state index is -3.55. The van der Waals surface area contributed by atoms with E-state index >= 15 is 0 Å². The average Bonchev–Trinajstić information content (AvgIpc) is 2.37. The number of aliphatic hydroxyl groups is 1. The first-order valence-electron chi connectivity index (χ1n) is 6.31. The Morgan fingerprint density at radius 2 is 2.00 bits per heavy atom. The second-order valence-electron chi connectivity index (χ2n) is 5.25. The molecule has 0 heterocycles. The summed E-state index contributed by atoms with van der Waals surface area (Å²) in [5, 5.41) is 11.4. The van der Waals surface area contributed by atoms with Crippen LogP contribution in [-0.4, -0.2) is 37.0 Å². The van der Waals surface area contributed by atoms with Gasteiger partial charge < -0.3 is 10.4 Å². The molecule has 0 aromatic heterocycles. The Labute approximate surface area is 125 Å². The maximum atomic E-state index is 12.2. The number of hydrogen-bond donors (Lipinski definition) is 2. The summed E-state index contributed by atoms with van der Waals surface area (Å²) in [7, 11) is -3.55. The number of aryl methyl sites for hydroxylation is 1. The molecule has 6 heteroatoms. The number of aliphatic hydroxyl groups excluding tert-OH is 1. The molecular formula is C15H19NO4S. The molecule has 0 spiro atoms. The maximum Gasteiger partial charge on any atom is 0.245 e. The quantitative estimate of drug-likeness (QED) is 0.819. The zero-order chi connectivity index (χ0) is 16.3. The van der Waals surface area contributed by atoms with Crippen molar-refractivity contribution in [1.29, 1.82) is 0 Å². The lowest BCUT2D eigenvalue weighted by Crippen LogP contribution is -2.44. The van der Waals surface area contributed by atoms with Crippen LogP contribution in [0.1, 0.15) is 25.0 Å². The standard InChI is InChI=1S/C15H19NO4S/c1-11-7-8-13(12(10-11)6-5-9-17)16-14(18)15(2,3)21(4,19)20/h7-8,10,17H,9H2,1-4H3,(H,16,18). The topological polar surface area (TPSA) is 83.5 Å². The fourth-order valence-electron chi connectivity index (χ4n) is 1.45. The fourth-order valence-corrected chi connectivity index (χ4v) is 1.83. The van der Waals surface area contributed by atoms with Gasteiger partial charge in [0, 0.05) is 11.8 Å². The lowest BCUT2D eigenvalue weighted by Gasteiger charge is -2.22. The molecule has 0 saturated carbocycles. The first-order chi connectivity index (χ1) is 9.59. The van der Waals surface area contributed by atoms with E-state index in [0.717, 1.165) is 11.8 Å². The molecule has 0 aliphatic heterocycles. The molecule has 21 heavy (non-hydrogen) atoms. The third-order valence-electron chi connectivity index (χ3n) is 3.20. The van der Waals surface area contributed by atoms with Crippen LogP contribution >= 0.6 is 0 Å². The normalized spacial score (nSPS) is 11.5. The van der Waals surface area contributed by atoms with Gasteiger partial charge in [-0.15, -0.1) is 0 Å². The lowest BCUT2D eigenvalue weighted by atomic mass is 10.1. The SMILES string of the molecule is Cc1ccc(NC(=O)C(C)(C)S(C)(=O)=O)c(C#CCO)c1. The number of carbonyl (C=O) groups excluding carboxylic acids is 1. The highest BCUT2D eigenvalue weighted by Gasteiger charge is 2.38. The predicted octanol–water partition coefficient (Wildman–Crippen LogP) is 1.10. The number of hydrogen-bond acceptors (Lipinski definition) is 4. The minimum absolute atomic E-state index is 0.295. The van der Waals surface area contributed by atoms with Gasteiger partial charge in [-0.25, -0.2) is 8.42 Å². The van der Waals surface area contributed by atoms with E-state index in [0.29, 0.717) is 11.3 Å². The van der Waals surface area contributed by atoms with Crippen molar-refractivity contribution in [3.8, 4) is 11.8 Å². The van der Waals surface area contributed by atoms with Gasteiger partial charge in [0.1, 0.15) is 11.4 Å². The van der Waals surface area contributed by atoms with E-state index in [1.54, 1.807) is 18.2 Å². The number of carbonyl (C=O) groups is 1. The van der Waals surface area contributed by atoms with Crippen molar-refractivity contribution >= 4 is 21.4 Å². The molecule has 0 fully saturated rings. The van der Waals surface area contributed by atoms with Crippen molar-refractivity contribution in [2.75, 3.05) is 18.2 Å². The molecule has 114 valence electrons. The fraction of sp³-hybridized carbons (Fsp3) is 0.400. The van der Waals surface area contributed by atoms with Crippen molar-refractivity contribution in [3.05, 3.63) is 29.3 Å². The van der Waals surface area contributed by atoms with Gasteiger partial charge in [0.2, 0.25) is 5.91 Å². The van der Waals surface area contributed by atoms with Crippen molar-refractivity contribution in [2.24, 2.45) is 0 Å². The zero-order valence-corrected chi connectivity index (χ0v) is 13.3. The molecule has 1 amide bonds.